The zero-order valence-corrected chi connectivity index (χ0v) is 14.3. The Morgan fingerprint density at radius 2 is 1.74 bits per heavy atom. The standard InChI is InChI=1S/C18H14BrN3O/c1-11-15-16-13(19)9-6-10-14(16)21(2)17(15)18(23)22(20-11)12-7-4-3-5-8-12/h3-10H,1-2H3. The number of aromatic nitrogens is 3. The Bertz CT molecular complexity index is 1110. The summed E-state index contributed by atoms with van der Waals surface area (Å²) in [6.07, 6.45) is 0. The van der Waals surface area contributed by atoms with Crippen molar-refractivity contribution in [2.75, 3.05) is 0 Å². The van der Waals surface area contributed by atoms with Crippen LogP contribution in [0.5, 0.6) is 0 Å². The number of aryl methyl sites for hydroxylation is 2. The van der Waals surface area contributed by atoms with Crippen molar-refractivity contribution in [2.24, 2.45) is 7.05 Å². The molecular formula is C18H14BrN3O. The van der Waals surface area contributed by atoms with Crippen LogP contribution in [0.1, 0.15) is 5.69 Å². The van der Waals surface area contributed by atoms with Crippen molar-refractivity contribution in [3.8, 4) is 5.69 Å². The van der Waals surface area contributed by atoms with Crippen molar-refractivity contribution in [3.63, 3.8) is 0 Å². The fourth-order valence-electron chi connectivity index (χ4n) is 3.14. The highest BCUT2D eigenvalue weighted by Crippen LogP contribution is 2.33. The van der Waals surface area contributed by atoms with Gasteiger partial charge in [-0.3, -0.25) is 4.79 Å². The van der Waals surface area contributed by atoms with Crippen LogP contribution in [0.2, 0.25) is 0 Å². The Hall–Kier alpha value is -2.40. The second kappa shape index (κ2) is 5.06. The first-order valence-electron chi connectivity index (χ1n) is 7.31. The van der Waals surface area contributed by atoms with E-state index in [2.05, 4.69) is 21.0 Å². The van der Waals surface area contributed by atoms with E-state index >= 15 is 0 Å². The van der Waals surface area contributed by atoms with Crippen LogP contribution >= 0.6 is 15.9 Å². The van der Waals surface area contributed by atoms with Gasteiger partial charge in [-0.2, -0.15) is 9.78 Å². The van der Waals surface area contributed by atoms with E-state index in [4.69, 9.17) is 0 Å². The molecule has 0 aliphatic rings. The minimum absolute atomic E-state index is 0.109. The largest absolute Gasteiger partial charge is 0.339 e. The molecule has 0 unspecified atom stereocenters. The van der Waals surface area contributed by atoms with Crippen LogP contribution in [0.25, 0.3) is 27.5 Å². The summed E-state index contributed by atoms with van der Waals surface area (Å²) >= 11 is 3.60. The minimum Gasteiger partial charge on any atom is -0.339 e. The van der Waals surface area contributed by atoms with E-state index in [9.17, 15) is 4.79 Å². The first-order valence-corrected chi connectivity index (χ1v) is 8.11. The summed E-state index contributed by atoms with van der Waals surface area (Å²) in [6.45, 7) is 1.94. The summed E-state index contributed by atoms with van der Waals surface area (Å²) < 4.78 is 4.40. The summed E-state index contributed by atoms with van der Waals surface area (Å²) in [5.41, 5.74) is 3.18. The first-order chi connectivity index (χ1) is 11.1. The van der Waals surface area contributed by atoms with Crippen molar-refractivity contribution in [3.05, 3.63) is 69.1 Å². The van der Waals surface area contributed by atoms with E-state index in [0.717, 1.165) is 32.1 Å². The van der Waals surface area contributed by atoms with Gasteiger partial charge in [0.2, 0.25) is 0 Å². The quantitative estimate of drug-likeness (QED) is 0.511. The van der Waals surface area contributed by atoms with Crippen molar-refractivity contribution < 1.29 is 0 Å². The number of hydrogen-bond donors (Lipinski definition) is 0. The maximum absolute atomic E-state index is 13.0. The molecule has 5 heteroatoms. The molecule has 0 fully saturated rings. The normalized spacial score (nSPS) is 11.4. The number of hydrogen-bond acceptors (Lipinski definition) is 2. The minimum atomic E-state index is -0.109. The molecule has 0 aliphatic heterocycles. The molecule has 0 bridgehead atoms. The van der Waals surface area contributed by atoms with Crippen molar-refractivity contribution in [1.29, 1.82) is 0 Å². The molecule has 23 heavy (non-hydrogen) atoms. The SMILES string of the molecule is Cc1nn(-c2ccccc2)c(=O)c2c1c1c(Br)cccc1n2C. The predicted octanol–water partition coefficient (Wildman–Crippen LogP) is 3.95. The fraction of sp³-hybridized carbons (Fsp3) is 0.111. The molecule has 0 N–H and O–H groups in total. The third-order valence-electron chi connectivity index (χ3n) is 4.18. The second-order valence-electron chi connectivity index (χ2n) is 5.55. The highest BCUT2D eigenvalue weighted by Gasteiger charge is 2.18. The average molecular weight is 368 g/mol. The summed E-state index contributed by atoms with van der Waals surface area (Å²) in [4.78, 5) is 13.0. The Morgan fingerprint density at radius 3 is 2.48 bits per heavy atom. The lowest BCUT2D eigenvalue weighted by atomic mass is 10.1. The van der Waals surface area contributed by atoms with Crippen LogP contribution in [0.3, 0.4) is 0 Å². The van der Waals surface area contributed by atoms with Crippen molar-refractivity contribution >= 4 is 37.7 Å². The molecule has 2 aromatic heterocycles. The van der Waals surface area contributed by atoms with Crippen LogP contribution in [0.15, 0.2) is 57.8 Å². The first kappa shape index (κ1) is 14.2. The topological polar surface area (TPSA) is 39.8 Å². The van der Waals surface area contributed by atoms with E-state index < -0.39 is 0 Å². The van der Waals surface area contributed by atoms with Gasteiger partial charge < -0.3 is 4.57 Å². The van der Waals surface area contributed by atoms with Crippen LogP contribution in [0, 0.1) is 6.92 Å². The molecule has 4 rings (SSSR count). The van der Waals surface area contributed by atoms with Gasteiger partial charge in [-0.1, -0.05) is 40.2 Å². The van der Waals surface area contributed by atoms with Gasteiger partial charge in [-0.05, 0) is 31.2 Å². The van der Waals surface area contributed by atoms with Crippen LogP contribution in [-0.2, 0) is 7.05 Å². The van der Waals surface area contributed by atoms with Gasteiger partial charge in [0.05, 0.1) is 16.9 Å². The molecule has 4 nitrogen and oxygen atoms in total. The molecular weight excluding hydrogens is 354 g/mol. The van der Waals surface area contributed by atoms with E-state index in [1.165, 1.54) is 4.68 Å². The molecule has 2 aromatic carbocycles. The van der Waals surface area contributed by atoms with Gasteiger partial charge in [0.25, 0.3) is 5.56 Å². The highest BCUT2D eigenvalue weighted by molar-refractivity contribution is 9.10. The summed E-state index contributed by atoms with van der Waals surface area (Å²) in [5.74, 6) is 0. The van der Waals surface area contributed by atoms with Gasteiger partial charge >= 0.3 is 0 Å². The predicted molar refractivity (Wildman–Crippen MR) is 96.3 cm³/mol. The third-order valence-corrected chi connectivity index (χ3v) is 4.84. The number of rotatable bonds is 1. The molecule has 0 spiro atoms. The number of para-hydroxylation sites is 1. The van der Waals surface area contributed by atoms with E-state index in [-0.39, 0.29) is 5.56 Å². The van der Waals surface area contributed by atoms with Crippen molar-refractivity contribution in [2.45, 2.75) is 6.92 Å². The maximum Gasteiger partial charge on any atom is 0.296 e. The Morgan fingerprint density at radius 1 is 1.00 bits per heavy atom. The lowest BCUT2D eigenvalue weighted by Crippen LogP contribution is -2.23. The molecule has 114 valence electrons. The zero-order valence-electron chi connectivity index (χ0n) is 12.7. The smallest absolute Gasteiger partial charge is 0.296 e. The third kappa shape index (κ3) is 1.96. The molecule has 4 aromatic rings. The fourth-order valence-corrected chi connectivity index (χ4v) is 3.69. The Balaban J connectivity index is 2.24. The zero-order chi connectivity index (χ0) is 16.1. The van der Waals surface area contributed by atoms with Crippen LogP contribution in [0.4, 0.5) is 0 Å². The number of fused-ring (bicyclic) bond motifs is 3. The highest BCUT2D eigenvalue weighted by atomic mass is 79.9. The number of nitrogens with zero attached hydrogens (tertiary/aromatic N) is 3. The van der Waals surface area contributed by atoms with Crippen LogP contribution in [-0.4, -0.2) is 14.3 Å². The average Bonchev–Trinajstić information content (AvgIpc) is 2.87. The van der Waals surface area contributed by atoms with Crippen LogP contribution < -0.4 is 5.56 Å². The molecule has 0 saturated heterocycles. The maximum atomic E-state index is 13.0. The lowest BCUT2D eigenvalue weighted by Gasteiger charge is -2.07. The van der Waals surface area contributed by atoms with E-state index in [1.807, 2.05) is 67.1 Å². The number of benzene rings is 2. The molecule has 0 amide bonds. The summed E-state index contributed by atoms with van der Waals surface area (Å²) in [5, 5.41) is 6.49. The van der Waals surface area contributed by atoms with Gasteiger partial charge in [0, 0.05) is 22.3 Å². The number of halogens is 1. The molecule has 0 radical (unpaired) electrons. The monoisotopic (exact) mass is 367 g/mol. The summed E-state index contributed by atoms with van der Waals surface area (Å²) in [7, 11) is 1.92. The lowest BCUT2D eigenvalue weighted by molar-refractivity contribution is 0.793. The van der Waals surface area contributed by atoms with Crippen molar-refractivity contribution in [1.82, 2.24) is 14.3 Å². The molecule has 2 heterocycles. The van der Waals surface area contributed by atoms with E-state index in [1.54, 1.807) is 0 Å². The van der Waals surface area contributed by atoms with Gasteiger partial charge in [0.15, 0.2) is 0 Å². The van der Waals surface area contributed by atoms with E-state index in [0.29, 0.717) is 5.52 Å². The van der Waals surface area contributed by atoms with Gasteiger partial charge in [0.1, 0.15) is 5.52 Å². The van der Waals surface area contributed by atoms with Gasteiger partial charge in [-0.15, -0.1) is 0 Å². The second-order valence-corrected chi connectivity index (χ2v) is 6.41. The Labute approximate surface area is 141 Å². The Kier molecular flexibility index (Phi) is 3.13. The molecule has 0 aliphatic carbocycles. The molecule has 0 saturated carbocycles. The van der Waals surface area contributed by atoms with Gasteiger partial charge in [-0.25, -0.2) is 0 Å². The molecule has 0 atom stereocenters. The summed E-state index contributed by atoms with van der Waals surface area (Å²) in [6, 6.07) is 15.5.